The summed E-state index contributed by atoms with van der Waals surface area (Å²) >= 11 is 0. The lowest BCUT2D eigenvalue weighted by molar-refractivity contribution is -0.255. The molecule has 0 aliphatic carbocycles. The molecule has 5 atom stereocenters. The predicted octanol–water partition coefficient (Wildman–Crippen LogP) is -0.218. The van der Waals surface area contributed by atoms with E-state index in [2.05, 4.69) is 10.6 Å². The zero-order valence-electron chi connectivity index (χ0n) is 17.7. The van der Waals surface area contributed by atoms with Crippen LogP contribution in [0.3, 0.4) is 0 Å². The fourth-order valence-electron chi connectivity index (χ4n) is 2.78. The van der Waals surface area contributed by atoms with Gasteiger partial charge in [-0.15, -0.1) is 4.91 Å². The van der Waals surface area contributed by atoms with Crippen molar-refractivity contribution < 1.29 is 47.7 Å². The molecule has 1 N–H and O–H groups in total. The van der Waals surface area contributed by atoms with Gasteiger partial charge < -0.3 is 29.0 Å². The molecule has 0 bridgehead atoms. The van der Waals surface area contributed by atoms with Gasteiger partial charge in [0.1, 0.15) is 12.7 Å². The van der Waals surface area contributed by atoms with Crippen LogP contribution in [0.15, 0.2) is 5.29 Å². The summed E-state index contributed by atoms with van der Waals surface area (Å²) in [6.45, 7) is 5.28. The molecule has 31 heavy (non-hydrogen) atoms. The number of carbonyl (C=O) groups is 5. The average molecular weight is 447 g/mol. The average Bonchev–Trinajstić information content (AvgIpc) is 2.64. The topological polar surface area (TPSA) is 176 Å². The number of nitrogens with zero attached hydrogens (tertiary/aromatic N) is 2. The lowest BCUT2D eigenvalue weighted by Crippen LogP contribution is -2.66. The van der Waals surface area contributed by atoms with E-state index in [1.807, 2.05) is 0 Å². The number of urea groups is 1. The molecule has 0 saturated carbocycles. The summed E-state index contributed by atoms with van der Waals surface area (Å²) in [5.74, 6) is -3.11. The van der Waals surface area contributed by atoms with E-state index in [0.29, 0.717) is 5.01 Å². The molecule has 0 unspecified atom stereocenters. The summed E-state index contributed by atoms with van der Waals surface area (Å²) in [6, 6.07) is -1.00. The molecule has 2 amide bonds. The second-order valence-corrected chi connectivity index (χ2v) is 6.37. The molecule has 0 radical (unpaired) electrons. The molecule has 0 aromatic rings. The SMILES string of the molecule is CCN(N=O)C(=O)N[C@@H]1O[C@H](COC(C)=O)[C@@H](OC(C)=O)[C@H](OC(C)=O)[C@H]1OC(C)=O. The number of esters is 4. The van der Waals surface area contributed by atoms with Crippen molar-refractivity contribution >= 4 is 29.9 Å². The van der Waals surface area contributed by atoms with Crippen LogP contribution in [0.25, 0.3) is 0 Å². The van der Waals surface area contributed by atoms with Crippen LogP contribution >= 0.6 is 0 Å². The summed E-state index contributed by atoms with van der Waals surface area (Å²) in [5, 5.41) is 5.36. The third kappa shape index (κ3) is 7.81. The molecule has 0 aromatic heterocycles. The van der Waals surface area contributed by atoms with Crippen LogP contribution in [0.5, 0.6) is 0 Å². The number of ether oxygens (including phenoxy) is 5. The third-order valence-corrected chi connectivity index (χ3v) is 3.89. The first kappa shape index (κ1) is 25.7. The molecular formula is C17H25N3O11. The number of amides is 2. The maximum Gasteiger partial charge on any atom is 0.342 e. The maximum absolute atomic E-state index is 12.3. The molecule has 1 saturated heterocycles. The Morgan fingerprint density at radius 3 is 1.84 bits per heavy atom. The first-order valence-electron chi connectivity index (χ1n) is 9.21. The predicted molar refractivity (Wildman–Crippen MR) is 98.7 cm³/mol. The van der Waals surface area contributed by atoms with Crippen LogP contribution in [-0.4, -0.2) is 78.7 Å². The first-order valence-corrected chi connectivity index (χ1v) is 9.21. The van der Waals surface area contributed by atoms with E-state index in [9.17, 15) is 28.9 Å². The zero-order chi connectivity index (χ0) is 23.7. The van der Waals surface area contributed by atoms with Crippen molar-refractivity contribution in [2.75, 3.05) is 13.2 Å². The van der Waals surface area contributed by atoms with Crippen LogP contribution < -0.4 is 5.32 Å². The molecule has 0 aromatic carbocycles. The normalized spacial score (nSPS) is 24.9. The van der Waals surface area contributed by atoms with E-state index in [0.717, 1.165) is 27.7 Å². The Morgan fingerprint density at radius 2 is 1.39 bits per heavy atom. The number of hydrogen-bond acceptors (Lipinski definition) is 12. The van der Waals surface area contributed by atoms with Gasteiger partial charge in [0.05, 0.1) is 5.29 Å². The molecule has 1 rings (SSSR count). The van der Waals surface area contributed by atoms with E-state index >= 15 is 0 Å². The van der Waals surface area contributed by atoms with Crippen LogP contribution in [0, 0.1) is 4.91 Å². The second-order valence-electron chi connectivity index (χ2n) is 6.37. The van der Waals surface area contributed by atoms with Crippen molar-refractivity contribution in [3.8, 4) is 0 Å². The minimum absolute atomic E-state index is 0.0827. The van der Waals surface area contributed by atoms with Crippen molar-refractivity contribution in [3.05, 3.63) is 4.91 Å². The maximum atomic E-state index is 12.3. The van der Waals surface area contributed by atoms with Gasteiger partial charge in [-0.3, -0.25) is 19.2 Å². The molecule has 1 heterocycles. The van der Waals surface area contributed by atoms with Gasteiger partial charge in [-0.2, -0.15) is 5.01 Å². The van der Waals surface area contributed by atoms with Gasteiger partial charge in [-0.05, 0) is 6.92 Å². The summed E-state index contributed by atoms with van der Waals surface area (Å²) in [7, 11) is 0. The highest BCUT2D eigenvalue weighted by Crippen LogP contribution is 2.28. The highest BCUT2D eigenvalue weighted by molar-refractivity contribution is 5.74. The second kappa shape index (κ2) is 11.8. The molecular weight excluding hydrogens is 422 g/mol. The summed E-state index contributed by atoms with van der Waals surface area (Å²) in [4.78, 5) is 69.3. The smallest absolute Gasteiger partial charge is 0.342 e. The quantitative estimate of drug-likeness (QED) is 0.225. The van der Waals surface area contributed by atoms with Gasteiger partial charge in [0, 0.05) is 34.2 Å². The monoisotopic (exact) mass is 447 g/mol. The molecule has 0 spiro atoms. The fourth-order valence-corrected chi connectivity index (χ4v) is 2.78. The van der Waals surface area contributed by atoms with E-state index in [1.54, 1.807) is 0 Å². The standard InChI is InChI=1S/C17H25N3O11/c1-6-20(19-26)17(25)18-16-15(30-11(5)24)14(29-10(4)23)13(28-9(3)22)12(31-16)7-27-8(2)21/h12-16H,6-7H2,1-5H3,(H,18,25)/t12-,13-,14+,15-,16-/m1/s1. The summed E-state index contributed by atoms with van der Waals surface area (Å²) < 4.78 is 26.1. The van der Waals surface area contributed by atoms with Gasteiger partial charge in [-0.1, -0.05) is 0 Å². The number of hydrogen-bond donors (Lipinski definition) is 1. The summed E-state index contributed by atoms with van der Waals surface area (Å²) in [5.41, 5.74) is 0. The number of carbonyl (C=O) groups excluding carboxylic acids is 5. The molecule has 174 valence electrons. The molecule has 1 fully saturated rings. The largest absolute Gasteiger partial charge is 0.463 e. The van der Waals surface area contributed by atoms with E-state index in [-0.39, 0.29) is 6.54 Å². The number of nitrogens with one attached hydrogen (secondary N) is 1. The van der Waals surface area contributed by atoms with Gasteiger partial charge in [0.15, 0.2) is 24.5 Å². The van der Waals surface area contributed by atoms with E-state index < -0.39 is 67.2 Å². The summed E-state index contributed by atoms with van der Waals surface area (Å²) in [6.07, 6.45) is -6.99. The highest BCUT2D eigenvalue weighted by atomic mass is 16.7. The van der Waals surface area contributed by atoms with Crippen LogP contribution in [0.2, 0.25) is 0 Å². The number of rotatable bonds is 8. The Kier molecular flexibility index (Phi) is 9.79. The van der Waals surface area contributed by atoms with Crippen molar-refractivity contribution in [2.45, 2.75) is 65.3 Å². The van der Waals surface area contributed by atoms with Crippen molar-refractivity contribution in [1.29, 1.82) is 0 Å². The highest BCUT2D eigenvalue weighted by Gasteiger charge is 2.52. The lowest BCUT2D eigenvalue weighted by Gasteiger charge is -2.44. The van der Waals surface area contributed by atoms with Gasteiger partial charge >= 0.3 is 29.9 Å². The van der Waals surface area contributed by atoms with Gasteiger partial charge in [0.2, 0.25) is 0 Å². The molecule has 14 heteroatoms. The Hall–Kier alpha value is -3.29. The Bertz CT molecular complexity index is 713. The third-order valence-electron chi connectivity index (χ3n) is 3.89. The van der Waals surface area contributed by atoms with Crippen LogP contribution in [-0.2, 0) is 42.9 Å². The molecule has 1 aliphatic heterocycles. The minimum atomic E-state index is -1.48. The Labute approximate surface area is 177 Å². The Balaban J connectivity index is 3.36. The van der Waals surface area contributed by atoms with Crippen LogP contribution in [0.1, 0.15) is 34.6 Å². The first-order chi connectivity index (χ1) is 14.5. The van der Waals surface area contributed by atoms with E-state index in [1.165, 1.54) is 6.92 Å². The minimum Gasteiger partial charge on any atom is -0.463 e. The molecule has 14 nitrogen and oxygen atoms in total. The van der Waals surface area contributed by atoms with Gasteiger partial charge in [-0.25, -0.2) is 4.79 Å². The van der Waals surface area contributed by atoms with E-state index in [4.69, 9.17) is 23.7 Å². The zero-order valence-corrected chi connectivity index (χ0v) is 17.7. The van der Waals surface area contributed by atoms with Crippen molar-refractivity contribution in [3.63, 3.8) is 0 Å². The van der Waals surface area contributed by atoms with Gasteiger partial charge in [0.25, 0.3) is 0 Å². The molecule has 1 aliphatic rings. The number of nitroso groups, excluding NO2 is 1. The van der Waals surface area contributed by atoms with Crippen molar-refractivity contribution in [1.82, 2.24) is 10.3 Å². The fraction of sp³-hybridized carbons (Fsp3) is 0.706. The van der Waals surface area contributed by atoms with Crippen molar-refractivity contribution in [2.24, 2.45) is 5.29 Å². The lowest BCUT2D eigenvalue weighted by atomic mass is 9.97. The van der Waals surface area contributed by atoms with Crippen LogP contribution in [0.4, 0.5) is 4.79 Å². The Morgan fingerprint density at radius 1 is 0.871 bits per heavy atom.